The van der Waals surface area contributed by atoms with Gasteiger partial charge in [-0.25, -0.2) is 0 Å². The number of amides is 1. The average molecular weight is 241 g/mol. The van der Waals surface area contributed by atoms with Crippen LogP contribution in [0, 0.1) is 0 Å². The molecular formula is C16H19NO. The maximum absolute atomic E-state index is 11.4. The summed E-state index contributed by atoms with van der Waals surface area (Å²) in [5, 5.41) is 5.92. The highest BCUT2D eigenvalue weighted by Gasteiger charge is 2.24. The maximum Gasteiger partial charge on any atom is 0.219 e. The van der Waals surface area contributed by atoms with Crippen molar-refractivity contribution in [2.75, 3.05) is 6.54 Å². The number of hydrogen-bond donors (Lipinski definition) is 1. The lowest BCUT2D eigenvalue weighted by Gasteiger charge is -2.13. The van der Waals surface area contributed by atoms with E-state index in [0.717, 1.165) is 13.0 Å². The van der Waals surface area contributed by atoms with Crippen LogP contribution in [-0.4, -0.2) is 12.5 Å². The number of benzene rings is 1. The van der Waals surface area contributed by atoms with E-state index in [1.165, 1.54) is 28.8 Å². The fourth-order valence-electron chi connectivity index (χ4n) is 3.19. The second-order valence-corrected chi connectivity index (χ2v) is 5.22. The van der Waals surface area contributed by atoms with Crippen molar-refractivity contribution in [3.63, 3.8) is 0 Å². The molecule has 2 aliphatic rings. The predicted octanol–water partition coefficient (Wildman–Crippen LogP) is 1.43. The van der Waals surface area contributed by atoms with Gasteiger partial charge < -0.3 is 5.32 Å². The Hall–Kier alpha value is -1.57. The number of carbonyl (C=O) groups is 1. The van der Waals surface area contributed by atoms with E-state index in [9.17, 15) is 4.79 Å². The minimum Gasteiger partial charge on any atom is -0.355 e. The van der Waals surface area contributed by atoms with Crippen molar-refractivity contribution in [1.82, 2.24) is 5.32 Å². The summed E-state index contributed by atoms with van der Waals surface area (Å²) in [4.78, 5) is 11.4. The quantitative estimate of drug-likeness (QED) is 0.852. The van der Waals surface area contributed by atoms with Crippen molar-refractivity contribution in [1.29, 1.82) is 0 Å². The van der Waals surface area contributed by atoms with Gasteiger partial charge in [0.25, 0.3) is 0 Å². The molecule has 1 aromatic rings. The topological polar surface area (TPSA) is 29.1 Å². The Bertz CT molecular complexity index is 600. The summed E-state index contributed by atoms with van der Waals surface area (Å²) < 4.78 is 0. The first-order chi connectivity index (χ1) is 8.79. The largest absolute Gasteiger partial charge is 0.355 e. The van der Waals surface area contributed by atoms with Crippen LogP contribution >= 0.6 is 0 Å². The van der Waals surface area contributed by atoms with Crippen LogP contribution in [0.3, 0.4) is 0 Å². The summed E-state index contributed by atoms with van der Waals surface area (Å²) in [6, 6.07) is 6.59. The molecule has 0 spiro atoms. The van der Waals surface area contributed by atoms with Gasteiger partial charge in [0.15, 0.2) is 0 Å². The molecule has 18 heavy (non-hydrogen) atoms. The Balaban J connectivity index is 1.89. The molecule has 0 heterocycles. The first-order valence-corrected chi connectivity index (χ1v) is 6.87. The molecule has 0 aromatic heterocycles. The first-order valence-electron chi connectivity index (χ1n) is 6.87. The van der Waals surface area contributed by atoms with Crippen LogP contribution in [0.15, 0.2) is 18.2 Å². The minimum atomic E-state index is 0.155. The van der Waals surface area contributed by atoms with Gasteiger partial charge in [-0.05, 0) is 35.3 Å². The van der Waals surface area contributed by atoms with E-state index in [-0.39, 0.29) is 5.91 Å². The molecular weight excluding hydrogens is 222 g/mol. The molecule has 1 N–H and O–H groups in total. The molecule has 3 rings (SSSR count). The molecule has 1 atom stereocenters. The molecule has 0 saturated carbocycles. The van der Waals surface area contributed by atoms with Crippen LogP contribution in [-0.2, 0) is 4.79 Å². The number of rotatable bonds is 3. The molecule has 0 bridgehead atoms. The fraction of sp³-hybridized carbons (Fsp3) is 0.438. The molecule has 1 unspecified atom stereocenters. The van der Waals surface area contributed by atoms with Crippen molar-refractivity contribution < 1.29 is 4.79 Å². The molecule has 2 heteroatoms. The van der Waals surface area contributed by atoms with Gasteiger partial charge in [-0.3, -0.25) is 4.79 Å². The predicted molar refractivity (Wildman–Crippen MR) is 73.5 cm³/mol. The second-order valence-electron chi connectivity index (χ2n) is 5.22. The van der Waals surface area contributed by atoms with E-state index in [0.29, 0.717) is 12.3 Å². The summed E-state index contributed by atoms with van der Waals surface area (Å²) >= 11 is 0. The van der Waals surface area contributed by atoms with Crippen LogP contribution in [0.5, 0.6) is 0 Å². The summed E-state index contributed by atoms with van der Waals surface area (Å²) in [5.74, 6) is 0.638. The zero-order chi connectivity index (χ0) is 12.5. The zero-order valence-corrected chi connectivity index (χ0v) is 10.8. The summed E-state index contributed by atoms with van der Waals surface area (Å²) in [6.45, 7) is 2.68. The molecule has 0 radical (unpaired) electrons. The molecule has 0 fully saturated rings. The Morgan fingerprint density at radius 2 is 2.33 bits per heavy atom. The van der Waals surface area contributed by atoms with Crippen molar-refractivity contribution in [2.24, 2.45) is 0 Å². The van der Waals surface area contributed by atoms with Gasteiger partial charge >= 0.3 is 0 Å². The first kappa shape index (κ1) is 11.5. The SMILES string of the molecule is CCC(=O)NCC1CC2=c3c1cccc3=CCC2. The Labute approximate surface area is 107 Å². The summed E-state index contributed by atoms with van der Waals surface area (Å²) in [7, 11) is 0. The van der Waals surface area contributed by atoms with Gasteiger partial charge in [-0.2, -0.15) is 0 Å². The highest BCUT2D eigenvalue weighted by molar-refractivity contribution is 5.75. The highest BCUT2D eigenvalue weighted by atomic mass is 16.1. The maximum atomic E-state index is 11.4. The lowest BCUT2D eigenvalue weighted by molar-refractivity contribution is -0.120. The third-order valence-electron chi connectivity index (χ3n) is 4.09. The van der Waals surface area contributed by atoms with Gasteiger partial charge in [-0.15, -0.1) is 0 Å². The molecule has 0 saturated heterocycles. The van der Waals surface area contributed by atoms with E-state index >= 15 is 0 Å². The molecule has 2 aliphatic carbocycles. The summed E-state index contributed by atoms with van der Waals surface area (Å²) in [5.41, 5.74) is 3.04. The van der Waals surface area contributed by atoms with Crippen molar-refractivity contribution in [2.45, 2.75) is 38.5 Å². The van der Waals surface area contributed by atoms with Crippen LogP contribution in [0.1, 0.15) is 44.1 Å². The van der Waals surface area contributed by atoms with Crippen molar-refractivity contribution in [3.05, 3.63) is 34.2 Å². The molecule has 2 nitrogen and oxygen atoms in total. The normalized spacial score (nSPS) is 20.3. The van der Waals surface area contributed by atoms with E-state index < -0.39 is 0 Å². The van der Waals surface area contributed by atoms with E-state index in [2.05, 4.69) is 29.6 Å². The highest BCUT2D eigenvalue weighted by Crippen LogP contribution is 2.30. The van der Waals surface area contributed by atoms with Gasteiger partial charge in [0.2, 0.25) is 5.91 Å². The Morgan fingerprint density at radius 1 is 1.44 bits per heavy atom. The van der Waals surface area contributed by atoms with Gasteiger partial charge in [-0.1, -0.05) is 36.8 Å². The standard InChI is InChI=1S/C16H19NO/c1-2-15(18)17-10-13-9-12-7-3-5-11-6-4-8-14(13)16(11)12/h4-6,8,13H,2-3,7,9-10H2,1H3,(H,17,18). The van der Waals surface area contributed by atoms with E-state index in [4.69, 9.17) is 0 Å². The monoisotopic (exact) mass is 241 g/mol. The van der Waals surface area contributed by atoms with Crippen LogP contribution in [0.25, 0.3) is 11.6 Å². The lowest BCUT2D eigenvalue weighted by Crippen LogP contribution is -2.32. The minimum absolute atomic E-state index is 0.155. The van der Waals surface area contributed by atoms with Gasteiger partial charge in [0.1, 0.15) is 0 Å². The number of hydrogen-bond acceptors (Lipinski definition) is 1. The Morgan fingerprint density at radius 3 is 3.17 bits per heavy atom. The average Bonchev–Trinajstić information content (AvgIpc) is 2.77. The number of carbonyl (C=O) groups excluding carboxylic acids is 1. The fourth-order valence-corrected chi connectivity index (χ4v) is 3.19. The van der Waals surface area contributed by atoms with Crippen molar-refractivity contribution >= 4 is 17.6 Å². The van der Waals surface area contributed by atoms with Crippen LogP contribution in [0.2, 0.25) is 0 Å². The lowest BCUT2D eigenvalue weighted by atomic mass is 9.99. The molecule has 1 amide bonds. The zero-order valence-electron chi connectivity index (χ0n) is 10.8. The van der Waals surface area contributed by atoms with Gasteiger partial charge in [0.05, 0.1) is 0 Å². The summed E-state index contributed by atoms with van der Waals surface area (Å²) in [6.07, 6.45) is 6.41. The van der Waals surface area contributed by atoms with Crippen LogP contribution in [0.4, 0.5) is 0 Å². The van der Waals surface area contributed by atoms with E-state index in [1.807, 2.05) is 6.92 Å². The molecule has 0 aliphatic heterocycles. The van der Waals surface area contributed by atoms with Gasteiger partial charge in [0, 0.05) is 18.9 Å². The Kier molecular flexibility index (Phi) is 2.94. The molecule has 1 aromatic carbocycles. The van der Waals surface area contributed by atoms with E-state index in [1.54, 1.807) is 5.57 Å². The van der Waals surface area contributed by atoms with Crippen molar-refractivity contribution in [3.8, 4) is 0 Å². The molecule has 94 valence electrons. The number of nitrogens with one attached hydrogen (secondary N) is 1. The third kappa shape index (κ3) is 1.86. The van der Waals surface area contributed by atoms with Crippen LogP contribution < -0.4 is 15.8 Å². The third-order valence-corrected chi connectivity index (χ3v) is 4.09. The second kappa shape index (κ2) is 4.60. The smallest absolute Gasteiger partial charge is 0.219 e.